The Balaban J connectivity index is 3.45. The Morgan fingerprint density at radius 2 is 1.73 bits per heavy atom. The van der Waals surface area contributed by atoms with Crippen molar-refractivity contribution in [1.82, 2.24) is 0 Å². The minimum atomic E-state index is -0.207. The van der Waals surface area contributed by atoms with Crippen molar-refractivity contribution in [2.24, 2.45) is 0 Å². The summed E-state index contributed by atoms with van der Waals surface area (Å²) < 4.78 is 5.29. The topological polar surface area (TPSA) is 29.5 Å². The van der Waals surface area contributed by atoms with E-state index in [9.17, 15) is 5.11 Å². The summed E-state index contributed by atoms with van der Waals surface area (Å²) in [4.78, 5) is 0. The second-order valence-electron chi connectivity index (χ2n) is 5.02. The number of ether oxygens (including phenoxy) is 1. The smallest absolute Gasteiger partial charge is 0.0647 e. The van der Waals surface area contributed by atoms with E-state index in [4.69, 9.17) is 4.74 Å². The van der Waals surface area contributed by atoms with Crippen LogP contribution >= 0.6 is 0 Å². The van der Waals surface area contributed by atoms with Crippen LogP contribution in [-0.4, -0.2) is 23.9 Å². The molecular weight excluding hydrogens is 188 g/mol. The maximum absolute atomic E-state index is 9.79. The fourth-order valence-electron chi connectivity index (χ4n) is 1.74. The molecule has 0 fully saturated rings. The minimum Gasteiger partial charge on any atom is -0.393 e. The zero-order valence-corrected chi connectivity index (χ0v) is 10.9. The summed E-state index contributed by atoms with van der Waals surface area (Å²) in [5.74, 6) is 0. The lowest BCUT2D eigenvalue weighted by Gasteiger charge is -2.25. The standard InChI is InChI=1S/C13H28O2/c1-5-6-7-8-9-10-12(14)11-13(2,3)15-4/h12,14H,5-11H2,1-4H3. The van der Waals surface area contributed by atoms with Gasteiger partial charge in [0.05, 0.1) is 11.7 Å². The van der Waals surface area contributed by atoms with Gasteiger partial charge in [-0.1, -0.05) is 39.0 Å². The quantitative estimate of drug-likeness (QED) is 0.597. The van der Waals surface area contributed by atoms with Gasteiger partial charge in [0.25, 0.3) is 0 Å². The first-order valence-corrected chi connectivity index (χ1v) is 6.25. The lowest BCUT2D eigenvalue weighted by Crippen LogP contribution is -2.28. The van der Waals surface area contributed by atoms with Gasteiger partial charge in [-0.05, 0) is 20.3 Å². The fourth-order valence-corrected chi connectivity index (χ4v) is 1.74. The third-order valence-electron chi connectivity index (χ3n) is 2.92. The van der Waals surface area contributed by atoms with Gasteiger partial charge in [0.1, 0.15) is 0 Å². The van der Waals surface area contributed by atoms with Crippen LogP contribution in [0.3, 0.4) is 0 Å². The van der Waals surface area contributed by atoms with Crippen molar-refractivity contribution in [2.75, 3.05) is 7.11 Å². The van der Waals surface area contributed by atoms with Crippen molar-refractivity contribution < 1.29 is 9.84 Å². The van der Waals surface area contributed by atoms with Crippen molar-refractivity contribution >= 4 is 0 Å². The molecule has 1 N–H and O–H groups in total. The molecule has 0 radical (unpaired) electrons. The van der Waals surface area contributed by atoms with Crippen LogP contribution in [0.1, 0.15) is 65.7 Å². The first kappa shape index (κ1) is 14.9. The molecule has 0 spiro atoms. The van der Waals surface area contributed by atoms with Gasteiger partial charge in [0.2, 0.25) is 0 Å². The van der Waals surface area contributed by atoms with Crippen LogP contribution in [0, 0.1) is 0 Å². The second kappa shape index (κ2) is 8.12. The zero-order valence-electron chi connectivity index (χ0n) is 10.9. The number of hydrogen-bond acceptors (Lipinski definition) is 2. The van der Waals surface area contributed by atoms with Gasteiger partial charge in [-0.2, -0.15) is 0 Å². The van der Waals surface area contributed by atoms with E-state index < -0.39 is 0 Å². The summed E-state index contributed by atoms with van der Waals surface area (Å²) in [6.07, 6.45) is 7.73. The molecule has 0 saturated carbocycles. The van der Waals surface area contributed by atoms with Crippen LogP contribution in [-0.2, 0) is 4.74 Å². The van der Waals surface area contributed by atoms with Gasteiger partial charge >= 0.3 is 0 Å². The Labute approximate surface area is 95.0 Å². The Morgan fingerprint density at radius 1 is 1.13 bits per heavy atom. The SMILES string of the molecule is CCCCCCCC(O)CC(C)(C)OC. The maximum atomic E-state index is 9.79. The molecule has 2 nitrogen and oxygen atoms in total. The highest BCUT2D eigenvalue weighted by Gasteiger charge is 2.20. The van der Waals surface area contributed by atoms with E-state index >= 15 is 0 Å². The van der Waals surface area contributed by atoms with E-state index in [1.807, 2.05) is 13.8 Å². The van der Waals surface area contributed by atoms with Gasteiger partial charge in [-0.15, -0.1) is 0 Å². The molecule has 0 amide bonds. The number of rotatable bonds is 9. The molecule has 0 aromatic heterocycles. The first-order valence-electron chi connectivity index (χ1n) is 6.25. The van der Waals surface area contributed by atoms with E-state index in [-0.39, 0.29) is 11.7 Å². The molecule has 15 heavy (non-hydrogen) atoms. The van der Waals surface area contributed by atoms with Crippen molar-refractivity contribution in [1.29, 1.82) is 0 Å². The van der Waals surface area contributed by atoms with Gasteiger partial charge in [-0.3, -0.25) is 0 Å². The first-order chi connectivity index (χ1) is 7.02. The summed E-state index contributed by atoms with van der Waals surface area (Å²) in [7, 11) is 1.70. The second-order valence-corrected chi connectivity index (χ2v) is 5.02. The predicted molar refractivity (Wildman–Crippen MR) is 65.1 cm³/mol. The average Bonchev–Trinajstić information content (AvgIpc) is 2.17. The van der Waals surface area contributed by atoms with Crippen molar-refractivity contribution in [2.45, 2.75) is 77.4 Å². The van der Waals surface area contributed by atoms with E-state index in [1.54, 1.807) is 7.11 Å². The summed E-state index contributed by atoms with van der Waals surface area (Å²) in [5, 5.41) is 9.79. The molecule has 0 aromatic rings. The molecule has 1 unspecified atom stereocenters. The molecule has 0 aliphatic rings. The molecule has 0 aliphatic heterocycles. The van der Waals surface area contributed by atoms with Crippen molar-refractivity contribution in [3.8, 4) is 0 Å². The number of aliphatic hydroxyl groups is 1. The lowest BCUT2D eigenvalue weighted by atomic mass is 9.97. The molecule has 0 bridgehead atoms. The zero-order chi connectivity index (χ0) is 11.7. The van der Waals surface area contributed by atoms with E-state index in [0.717, 1.165) is 19.3 Å². The summed E-state index contributed by atoms with van der Waals surface area (Å²) in [6, 6.07) is 0. The van der Waals surface area contributed by atoms with Gasteiger partial charge in [0.15, 0.2) is 0 Å². The van der Waals surface area contributed by atoms with Crippen LogP contribution in [0.4, 0.5) is 0 Å². The molecule has 2 heteroatoms. The summed E-state index contributed by atoms with van der Waals surface area (Å²) in [5.41, 5.74) is -0.192. The van der Waals surface area contributed by atoms with Gasteiger partial charge in [-0.25, -0.2) is 0 Å². The van der Waals surface area contributed by atoms with Gasteiger partial charge in [0, 0.05) is 13.5 Å². The normalized spacial score (nSPS) is 14.2. The molecule has 0 aliphatic carbocycles. The molecule has 0 aromatic carbocycles. The molecule has 1 atom stereocenters. The number of methoxy groups -OCH3 is 1. The van der Waals surface area contributed by atoms with Crippen molar-refractivity contribution in [3.05, 3.63) is 0 Å². The Kier molecular flexibility index (Phi) is 8.07. The third-order valence-corrected chi connectivity index (χ3v) is 2.92. The molecule has 0 saturated heterocycles. The van der Waals surface area contributed by atoms with Gasteiger partial charge < -0.3 is 9.84 Å². The highest BCUT2D eigenvalue weighted by Crippen LogP contribution is 2.19. The Hall–Kier alpha value is -0.0800. The third kappa shape index (κ3) is 8.88. The van der Waals surface area contributed by atoms with Crippen molar-refractivity contribution in [3.63, 3.8) is 0 Å². The molecule has 0 heterocycles. The van der Waals surface area contributed by atoms with Crippen LogP contribution < -0.4 is 0 Å². The van der Waals surface area contributed by atoms with Crippen LogP contribution in [0.25, 0.3) is 0 Å². The van der Waals surface area contributed by atoms with E-state index in [0.29, 0.717) is 0 Å². The van der Waals surface area contributed by atoms with Crippen LogP contribution in [0.15, 0.2) is 0 Å². The summed E-state index contributed by atoms with van der Waals surface area (Å²) in [6.45, 7) is 6.26. The molecular formula is C13H28O2. The fraction of sp³-hybridized carbons (Fsp3) is 1.00. The lowest BCUT2D eigenvalue weighted by molar-refractivity contribution is -0.0215. The van der Waals surface area contributed by atoms with E-state index in [1.165, 1.54) is 25.7 Å². The minimum absolute atomic E-state index is 0.192. The summed E-state index contributed by atoms with van der Waals surface area (Å²) >= 11 is 0. The maximum Gasteiger partial charge on any atom is 0.0647 e. The highest BCUT2D eigenvalue weighted by atomic mass is 16.5. The van der Waals surface area contributed by atoms with Crippen LogP contribution in [0.5, 0.6) is 0 Å². The number of aliphatic hydroxyl groups excluding tert-OH is 1. The average molecular weight is 216 g/mol. The van der Waals surface area contributed by atoms with Crippen LogP contribution in [0.2, 0.25) is 0 Å². The monoisotopic (exact) mass is 216 g/mol. The Morgan fingerprint density at radius 3 is 2.27 bits per heavy atom. The predicted octanol–water partition coefficient (Wildman–Crippen LogP) is 3.52. The largest absolute Gasteiger partial charge is 0.393 e. The number of hydrogen-bond donors (Lipinski definition) is 1. The molecule has 92 valence electrons. The number of unbranched alkanes of at least 4 members (excludes halogenated alkanes) is 4. The highest BCUT2D eigenvalue weighted by molar-refractivity contribution is 4.72. The van der Waals surface area contributed by atoms with E-state index in [2.05, 4.69) is 6.92 Å². The molecule has 0 rings (SSSR count). The Bertz CT molecular complexity index is 143.